The molecule has 9 heteroatoms. The molecule has 0 unspecified atom stereocenters. The number of hydrogen-bond donors (Lipinski definition) is 0. The van der Waals surface area contributed by atoms with E-state index < -0.39 is 0 Å². The predicted octanol–water partition coefficient (Wildman–Crippen LogP) is 38.6. The SMILES string of the molecule is c1ccc(-n2c3ccccc3c3sc4ccc(-c5ccc(-c6ccc7c(c6)sc6cc8ccccc8cc67)cc5)cc4c32)cc1.c1ccc(-n2c3ccccc3c3sc4ccc(-c5ccc(-c6ccc7c(c6)sc6ccc8ccccc8c67)cc5)cc4c32)cc1.c1ccc(-n2c3ccccc3c3sc4cccc(-c5ccc(-c6cccc7sc8c9ccccc9ccc8c67)cc5)c4c32)cc1. The van der Waals surface area contributed by atoms with Crippen LogP contribution in [0.4, 0.5) is 0 Å². The van der Waals surface area contributed by atoms with Gasteiger partial charge in [-0.15, -0.1) is 68.0 Å². The van der Waals surface area contributed by atoms with Crippen molar-refractivity contribution >= 4 is 254 Å². The van der Waals surface area contributed by atoms with E-state index in [4.69, 9.17) is 0 Å². The largest absolute Gasteiger partial charge is 0.308 e. The third-order valence-corrected chi connectivity index (χ3v) is 34.6. The van der Waals surface area contributed by atoms with Gasteiger partial charge < -0.3 is 13.7 Å². The number of para-hydroxylation sites is 6. The molecule has 0 aliphatic carbocycles. The van der Waals surface area contributed by atoms with Crippen molar-refractivity contribution < 1.29 is 0 Å². The summed E-state index contributed by atoms with van der Waals surface area (Å²) in [5, 5.41) is 23.8. The van der Waals surface area contributed by atoms with Crippen LogP contribution in [0.5, 0.6) is 0 Å². The average Bonchev–Trinajstić information content (AvgIpc) is 1.42. The van der Waals surface area contributed by atoms with E-state index in [0.29, 0.717) is 0 Å². The number of thiophene rings is 6. The molecule has 0 saturated heterocycles. The Morgan fingerprint density at radius 3 is 1.01 bits per heavy atom. The zero-order valence-electron chi connectivity index (χ0n) is 72.6. The van der Waals surface area contributed by atoms with Crippen LogP contribution in [0, 0.1) is 0 Å². The minimum absolute atomic E-state index is 1.19. The van der Waals surface area contributed by atoms with Crippen LogP contribution in [-0.2, 0) is 0 Å². The Bertz CT molecular complexity index is 10000. The molecular formula is C126H75N3S6. The van der Waals surface area contributed by atoms with Crippen molar-refractivity contribution in [3.8, 4) is 83.8 Å². The van der Waals surface area contributed by atoms with Gasteiger partial charge in [0.05, 0.1) is 47.2 Å². The van der Waals surface area contributed by atoms with Crippen LogP contribution in [0.1, 0.15) is 0 Å². The molecule has 9 aromatic heterocycles. The molecule has 0 aliphatic rings. The first-order chi connectivity index (χ1) is 66.9. The number of hydrogen-bond acceptors (Lipinski definition) is 6. The monoisotopic (exact) mass is 1820 g/mol. The van der Waals surface area contributed by atoms with Crippen LogP contribution >= 0.6 is 68.0 Å². The highest BCUT2D eigenvalue weighted by atomic mass is 32.1. The zero-order chi connectivity index (χ0) is 88.5. The third-order valence-electron chi connectivity index (χ3n) is 27.6. The molecule has 0 radical (unpaired) electrons. The standard InChI is InChI=1S/3C42H25NS2/c1-2-11-29(12-3-1)43-35-17-7-6-14-33(35)42-40(43)39-31(16-9-19-37(39)45-42)28-22-20-27(21-23-28)30-15-8-18-36-38(30)34-25-24-26-10-4-5-13-32(26)41(34)44-36;1-2-10-32(11-3-1)43-37-13-7-6-12-34(37)42-41(43)36-23-30(19-21-38(36)45-42)26-14-16-27(17-15-26)31-18-20-33-35-22-28-8-4-5-9-29(28)24-40(35)44-39(33)25-31;1-2-9-31(10-3-1)43-36-13-7-6-12-33(36)42-41(43)35-24-29(20-22-37(35)45-42)26-14-16-27(17-15-26)30-18-21-34-39(25-30)44-38-23-19-28-8-4-5-11-32(28)40(34)38/h3*1-25H. The van der Waals surface area contributed by atoms with Gasteiger partial charge in [0.1, 0.15) is 0 Å². The van der Waals surface area contributed by atoms with Gasteiger partial charge in [0, 0.05) is 124 Å². The van der Waals surface area contributed by atoms with Gasteiger partial charge in [0.25, 0.3) is 0 Å². The van der Waals surface area contributed by atoms with Crippen LogP contribution in [0.2, 0.25) is 0 Å². The summed E-state index contributed by atoms with van der Waals surface area (Å²) in [6.45, 7) is 0. The molecule has 630 valence electrons. The van der Waals surface area contributed by atoms with E-state index in [2.05, 4.69) is 469 Å². The van der Waals surface area contributed by atoms with Crippen molar-refractivity contribution in [3.05, 3.63) is 455 Å². The fraction of sp³-hybridized carbons (Fsp3) is 0. The summed E-state index contributed by atoms with van der Waals surface area (Å²) in [5.74, 6) is 0. The Morgan fingerprint density at radius 2 is 0.481 bits per heavy atom. The van der Waals surface area contributed by atoms with E-state index in [1.54, 1.807) is 0 Å². The molecule has 30 rings (SSSR count). The van der Waals surface area contributed by atoms with Crippen molar-refractivity contribution in [2.75, 3.05) is 0 Å². The summed E-state index contributed by atoms with van der Waals surface area (Å²) in [5.41, 5.74) is 26.2. The molecule has 0 N–H and O–H groups in total. The number of aromatic nitrogens is 3. The Kier molecular flexibility index (Phi) is 18.2. The van der Waals surface area contributed by atoms with E-state index >= 15 is 0 Å². The van der Waals surface area contributed by atoms with Gasteiger partial charge >= 0.3 is 0 Å². The van der Waals surface area contributed by atoms with Crippen LogP contribution in [0.15, 0.2) is 455 Å². The molecular weight excluding hydrogens is 1750 g/mol. The molecule has 0 bridgehead atoms. The fourth-order valence-electron chi connectivity index (χ4n) is 21.3. The minimum Gasteiger partial charge on any atom is -0.308 e. The summed E-state index contributed by atoms with van der Waals surface area (Å²) in [6, 6.07) is 167. The molecule has 9 heterocycles. The Labute approximate surface area is 799 Å². The first-order valence-corrected chi connectivity index (χ1v) is 50.7. The van der Waals surface area contributed by atoms with E-state index in [1.165, 1.54) is 270 Å². The zero-order valence-corrected chi connectivity index (χ0v) is 77.5. The predicted molar refractivity (Wildman–Crippen MR) is 592 cm³/mol. The summed E-state index contributed by atoms with van der Waals surface area (Å²) in [7, 11) is 0. The normalized spacial score (nSPS) is 12.0. The van der Waals surface area contributed by atoms with Gasteiger partial charge in [-0.3, -0.25) is 0 Å². The van der Waals surface area contributed by atoms with Gasteiger partial charge in [-0.25, -0.2) is 0 Å². The average molecular weight is 1820 g/mol. The molecule has 0 saturated carbocycles. The maximum atomic E-state index is 2.45. The highest BCUT2D eigenvalue weighted by Gasteiger charge is 2.25. The summed E-state index contributed by atoms with van der Waals surface area (Å²) in [6.07, 6.45) is 0. The highest BCUT2D eigenvalue weighted by Crippen LogP contribution is 2.52. The number of fused-ring (bicyclic) bond motifs is 29. The smallest absolute Gasteiger partial charge is 0.0734 e. The number of benzene rings is 21. The summed E-state index contributed by atoms with van der Waals surface area (Å²) in [4.78, 5) is 0. The van der Waals surface area contributed by atoms with E-state index in [1.807, 2.05) is 68.0 Å². The molecule has 0 spiro atoms. The Hall–Kier alpha value is -15.7. The molecule has 135 heavy (non-hydrogen) atoms. The lowest BCUT2D eigenvalue weighted by Gasteiger charge is -2.11. The minimum atomic E-state index is 1.19. The third kappa shape index (κ3) is 12.8. The molecule has 0 atom stereocenters. The maximum absolute atomic E-state index is 2.45. The molecule has 0 fully saturated rings. The first kappa shape index (κ1) is 78.0. The molecule has 3 nitrogen and oxygen atoms in total. The number of rotatable bonds is 9. The van der Waals surface area contributed by atoms with Crippen molar-refractivity contribution in [2.45, 2.75) is 0 Å². The first-order valence-electron chi connectivity index (χ1n) is 45.8. The van der Waals surface area contributed by atoms with Crippen molar-refractivity contribution in [1.29, 1.82) is 0 Å². The summed E-state index contributed by atoms with van der Waals surface area (Å²) >= 11 is 11.4. The molecule has 30 aromatic rings. The molecule has 0 aliphatic heterocycles. The van der Waals surface area contributed by atoms with Crippen LogP contribution in [0.3, 0.4) is 0 Å². The van der Waals surface area contributed by atoms with Gasteiger partial charge in [0.2, 0.25) is 0 Å². The van der Waals surface area contributed by atoms with Gasteiger partial charge in [0.15, 0.2) is 0 Å². The summed E-state index contributed by atoms with van der Waals surface area (Å²) < 4.78 is 23.4. The second kappa shape index (κ2) is 31.5. The number of nitrogens with zero attached hydrogens (tertiary/aromatic N) is 3. The lowest BCUT2D eigenvalue weighted by atomic mass is 9.95. The second-order valence-electron chi connectivity index (χ2n) is 35.2. The Balaban J connectivity index is 0.000000101. The van der Waals surface area contributed by atoms with E-state index in [-0.39, 0.29) is 0 Å². The van der Waals surface area contributed by atoms with Gasteiger partial charge in [-0.2, -0.15) is 0 Å². The van der Waals surface area contributed by atoms with Gasteiger partial charge in [-0.05, 0) is 220 Å². The second-order valence-corrected chi connectivity index (χ2v) is 41.5. The van der Waals surface area contributed by atoms with Crippen molar-refractivity contribution in [3.63, 3.8) is 0 Å². The fourth-order valence-corrected chi connectivity index (χ4v) is 28.5. The molecule has 0 amide bonds. The highest BCUT2D eigenvalue weighted by molar-refractivity contribution is 7.29. The van der Waals surface area contributed by atoms with E-state index in [0.717, 1.165) is 0 Å². The van der Waals surface area contributed by atoms with Crippen LogP contribution in [-0.4, -0.2) is 13.7 Å². The topological polar surface area (TPSA) is 14.8 Å². The molecule has 21 aromatic carbocycles. The maximum Gasteiger partial charge on any atom is 0.0734 e. The Morgan fingerprint density at radius 1 is 0.141 bits per heavy atom. The quantitative estimate of drug-likeness (QED) is 0.137. The lowest BCUT2D eigenvalue weighted by Crippen LogP contribution is -1.93. The lowest BCUT2D eigenvalue weighted by molar-refractivity contribution is 1.19. The van der Waals surface area contributed by atoms with E-state index in [9.17, 15) is 0 Å². The van der Waals surface area contributed by atoms with Crippen LogP contribution in [0.25, 0.3) is 270 Å². The van der Waals surface area contributed by atoms with Crippen LogP contribution < -0.4 is 0 Å². The van der Waals surface area contributed by atoms with Crippen molar-refractivity contribution in [2.24, 2.45) is 0 Å². The van der Waals surface area contributed by atoms with Crippen molar-refractivity contribution in [1.82, 2.24) is 13.7 Å². The van der Waals surface area contributed by atoms with Gasteiger partial charge in [-0.1, -0.05) is 334 Å².